The molecule has 0 bridgehead atoms. The minimum atomic E-state index is -0.335. The molecular formula is C15H17ClN4O4. The van der Waals surface area contributed by atoms with E-state index in [1.165, 1.54) is 12.3 Å². The quantitative estimate of drug-likeness (QED) is 0.877. The molecule has 1 fully saturated rings. The van der Waals surface area contributed by atoms with Crippen LogP contribution in [0, 0.1) is 6.92 Å². The summed E-state index contributed by atoms with van der Waals surface area (Å²) in [5.41, 5.74) is 0.329. The van der Waals surface area contributed by atoms with Crippen molar-refractivity contribution >= 4 is 17.5 Å². The Bertz CT molecular complexity index is 715. The van der Waals surface area contributed by atoms with Crippen LogP contribution in [0.25, 0.3) is 0 Å². The lowest BCUT2D eigenvalue weighted by Gasteiger charge is -2.23. The Kier molecular flexibility index (Phi) is 5.27. The van der Waals surface area contributed by atoms with Crippen LogP contribution in [-0.4, -0.2) is 40.4 Å². The van der Waals surface area contributed by atoms with Crippen molar-refractivity contribution in [2.45, 2.75) is 32.4 Å². The smallest absolute Gasteiger partial charge is 0.253 e. The van der Waals surface area contributed by atoms with Crippen LogP contribution in [0.15, 0.2) is 16.7 Å². The van der Waals surface area contributed by atoms with E-state index in [2.05, 4.69) is 20.5 Å². The van der Waals surface area contributed by atoms with Crippen LogP contribution in [0.1, 0.15) is 35.0 Å². The Morgan fingerprint density at radius 1 is 1.42 bits per heavy atom. The number of carbonyl (C=O) groups excluding carboxylic acids is 1. The molecule has 1 aliphatic rings. The number of pyridine rings is 1. The van der Waals surface area contributed by atoms with Gasteiger partial charge in [0.05, 0.1) is 25.3 Å². The predicted octanol–water partition coefficient (Wildman–Crippen LogP) is 1.91. The van der Waals surface area contributed by atoms with E-state index < -0.39 is 0 Å². The standard InChI is InChI=1S/C15H17ClN4O4/c1-9-19-20-13(23-9)8-17-14(21)10-6-12(16)15(18-7-10)24-11-2-4-22-5-3-11/h6-7,11H,2-5,8H2,1H3,(H,17,21). The number of nitrogens with zero attached hydrogens (tertiary/aromatic N) is 3. The van der Waals surface area contributed by atoms with E-state index in [0.717, 1.165) is 12.8 Å². The second kappa shape index (κ2) is 7.59. The van der Waals surface area contributed by atoms with Gasteiger partial charge in [0.25, 0.3) is 5.91 Å². The molecule has 3 rings (SSSR count). The number of aryl methyl sites for hydroxylation is 1. The van der Waals surface area contributed by atoms with Crippen molar-refractivity contribution < 1.29 is 18.7 Å². The van der Waals surface area contributed by atoms with Crippen LogP contribution in [0.2, 0.25) is 5.02 Å². The Morgan fingerprint density at radius 2 is 2.21 bits per heavy atom. The predicted molar refractivity (Wildman–Crippen MR) is 83.9 cm³/mol. The molecule has 128 valence electrons. The molecule has 8 nitrogen and oxygen atoms in total. The number of rotatable bonds is 5. The highest BCUT2D eigenvalue weighted by Gasteiger charge is 2.18. The average molecular weight is 353 g/mol. The van der Waals surface area contributed by atoms with E-state index in [4.69, 9.17) is 25.5 Å². The van der Waals surface area contributed by atoms with Gasteiger partial charge in [-0.15, -0.1) is 10.2 Å². The second-order valence-electron chi connectivity index (χ2n) is 5.34. The molecule has 2 aromatic heterocycles. The van der Waals surface area contributed by atoms with Gasteiger partial charge in [-0.25, -0.2) is 4.98 Å². The van der Waals surface area contributed by atoms with Gasteiger partial charge in [-0.3, -0.25) is 4.79 Å². The van der Waals surface area contributed by atoms with Crippen LogP contribution in [0.3, 0.4) is 0 Å². The molecule has 24 heavy (non-hydrogen) atoms. The van der Waals surface area contributed by atoms with E-state index in [9.17, 15) is 4.79 Å². The third-order valence-electron chi connectivity index (χ3n) is 3.48. The summed E-state index contributed by atoms with van der Waals surface area (Å²) in [6.45, 7) is 3.15. The summed E-state index contributed by atoms with van der Waals surface area (Å²) >= 11 is 6.17. The van der Waals surface area contributed by atoms with Crippen molar-refractivity contribution in [2.75, 3.05) is 13.2 Å². The summed E-state index contributed by atoms with van der Waals surface area (Å²) < 4.78 is 16.2. The lowest BCUT2D eigenvalue weighted by atomic mass is 10.1. The summed E-state index contributed by atoms with van der Waals surface area (Å²) in [4.78, 5) is 16.3. The first-order valence-electron chi connectivity index (χ1n) is 7.59. The molecule has 1 N–H and O–H groups in total. The van der Waals surface area contributed by atoms with Crippen LogP contribution >= 0.6 is 11.6 Å². The minimum absolute atomic E-state index is 0.0317. The molecule has 1 amide bonds. The summed E-state index contributed by atoms with van der Waals surface area (Å²) in [5.74, 6) is 0.767. The van der Waals surface area contributed by atoms with Gasteiger partial charge < -0.3 is 19.2 Å². The number of hydrogen-bond acceptors (Lipinski definition) is 7. The van der Waals surface area contributed by atoms with Crippen molar-refractivity contribution in [1.29, 1.82) is 0 Å². The fraction of sp³-hybridized carbons (Fsp3) is 0.467. The number of aromatic nitrogens is 3. The highest BCUT2D eigenvalue weighted by Crippen LogP contribution is 2.25. The molecule has 0 aromatic carbocycles. The molecule has 9 heteroatoms. The topological polar surface area (TPSA) is 99.4 Å². The van der Waals surface area contributed by atoms with E-state index in [-0.39, 0.29) is 18.6 Å². The SMILES string of the molecule is Cc1nnc(CNC(=O)c2cnc(OC3CCOCC3)c(Cl)c2)o1. The van der Waals surface area contributed by atoms with Crippen LogP contribution < -0.4 is 10.1 Å². The van der Waals surface area contributed by atoms with Crippen molar-refractivity contribution in [1.82, 2.24) is 20.5 Å². The number of nitrogens with one attached hydrogen (secondary N) is 1. The summed E-state index contributed by atoms with van der Waals surface area (Å²) in [6.07, 6.45) is 3.05. The van der Waals surface area contributed by atoms with Gasteiger partial charge in [0.2, 0.25) is 17.7 Å². The molecular weight excluding hydrogens is 336 g/mol. The van der Waals surface area contributed by atoms with Gasteiger partial charge >= 0.3 is 0 Å². The summed E-state index contributed by atoms with van der Waals surface area (Å²) in [5, 5.41) is 10.5. The Labute approximate surface area is 143 Å². The van der Waals surface area contributed by atoms with E-state index >= 15 is 0 Å². The second-order valence-corrected chi connectivity index (χ2v) is 5.75. The van der Waals surface area contributed by atoms with Crippen molar-refractivity contribution in [3.8, 4) is 5.88 Å². The van der Waals surface area contributed by atoms with Crippen molar-refractivity contribution in [3.63, 3.8) is 0 Å². The minimum Gasteiger partial charge on any atom is -0.473 e. The number of ether oxygens (including phenoxy) is 2. The average Bonchev–Trinajstić information content (AvgIpc) is 3.01. The van der Waals surface area contributed by atoms with Gasteiger partial charge in [0, 0.05) is 26.0 Å². The van der Waals surface area contributed by atoms with E-state index in [1.54, 1.807) is 6.92 Å². The third kappa shape index (κ3) is 4.21. The van der Waals surface area contributed by atoms with Crippen molar-refractivity contribution in [3.05, 3.63) is 34.6 Å². The molecule has 2 aromatic rings. The third-order valence-corrected chi connectivity index (χ3v) is 3.76. The van der Waals surface area contributed by atoms with Crippen molar-refractivity contribution in [2.24, 2.45) is 0 Å². The van der Waals surface area contributed by atoms with Crippen LogP contribution in [0.5, 0.6) is 5.88 Å². The van der Waals surface area contributed by atoms with Crippen LogP contribution in [0.4, 0.5) is 0 Å². The molecule has 0 saturated carbocycles. The van der Waals surface area contributed by atoms with Gasteiger partial charge in [-0.2, -0.15) is 0 Å². The molecule has 0 aliphatic carbocycles. The zero-order chi connectivity index (χ0) is 16.9. The molecule has 3 heterocycles. The lowest BCUT2D eigenvalue weighted by molar-refractivity contribution is 0.0238. The van der Waals surface area contributed by atoms with E-state index in [1.807, 2.05) is 0 Å². The van der Waals surface area contributed by atoms with E-state index in [0.29, 0.717) is 41.5 Å². The largest absolute Gasteiger partial charge is 0.473 e. The molecule has 0 spiro atoms. The summed E-state index contributed by atoms with van der Waals surface area (Å²) in [7, 11) is 0. The molecule has 1 aliphatic heterocycles. The fourth-order valence-corrected chi connectivity index (χ4v) is 2.47. The number of amides is 1. The lowest BCUT2D eigenvalue weighted by Crippen LogP contribution is -2.26. The molecule has 0 atom stereocenters. The molecule has 1 saturated heterocycles. The Hall–Kier alpha value is -2.19. The Morgan fingerprint density at radius 3 is 2.88 bits per heavy atom. The summed E-state index contributed by atoms with van der Waals surface area (Å²) in [6, 6.07) is 1.53. The highest BCUT2D eigenvalue weighted by atomic mass is 35.5. The zero-order valence-electron chi connectivity index (χ0n) is 13.1. The number of hydrogen-bond donors (Lipinski definition) is 1. The number of carbonyl (C=O) groups is 1. The number of halogens is 1. The zero-order valence-corrected chi connectivity index (χ0v) is 13.9. The monoisotopic (exact) mass is 352 g/mol. The van der Waals surface area contributed by atoms with Gasteiger partial charge in [0.1, 0.15) is 11.1 Å². The Balaban J connectivity index is 1.59. The molecule has 0 unspecified atom stereocenters. The highest BCUT2D eigenvalue weighted by molar-refractivity contribution is 6.32. The van der Waals surface area contributed by atoms with Crippen LogP contribution in [-0.2, 0) is 11.3 Å². The van der Waals surface area contributed by atoms with Gasteiger partial charge in [0.15, 0.2) is 0 Å². The maximum Gasteiger partial charge on any atom is 0.253 e. The first kappa shape index (κ1) is 16.7. The first-order valence-corrected chi connectivity index (χ1v) is 7.97. The molecule has 0 radical (unpaired) electrons. The first-order chi connectivity index (χ1) is 11.6. The van der Waals surface area contributed by atoms with Gasteiger partial charge in [-0.1, -0.05) is 11.6 Å². The maximum atomic E-state index is 12.1. The maximum absolute atomic E-state index is 12.1. The normalized spacial score (nSPS) is 15.2. The fourth-order valence-electron chi connectivity index (χ4n) is 2.25. The van der Waals surface area contributed by atoms with Gasteiger partial charge in [-0.05, 0) is 6.07 Å².